The lowest BCUT2D eigenvalue weighted by molar-refractivity contribution is 0.362. The molecule has 0 aliphatic carbocycles. The van der Waals surface area contributed by atoms with Gasteiger partial charge in [-0.2, -0.15) is 9.29 Å². The van der Waals surface area contributed by atoms with Crippen molar-refractivity contribution in [2.45, 2.75) is 39.7 Å². The summed E-state index contributed by atoms with van der Waals surface area (Å²) < 4.78 is 59.5. The van der Waals surface area contributed by atoms with E-state index < -0.39 is 21.7 Å². The minimum Gasteiger partial charge on any atom is -0.435 e. The molecule has 0 atom stereocenters. The van der Waals surface area contributed by atoms with E-state index >= 15 is 0 Å². The highest BCUT2D eigenvalue weighted by atomic mass is 32.2. The smallest absolute Gasteiger partial charge is 0.229 e. The predicted octanol–water partition coefficient (Wildman–Crippen LogP) is 3.49. The Kier molecular flexibility index (Phi) is 6.11. The number of halogens is 2. The Labute approximate surface area is 181 Å². The Morgan fingerprint density at radius 2 is 1.90 bits per heavy atom. The zero-order valence-corrected chi connectivity index (χ0v) is 18.5. The van der Waals surface area contributed by atoms with Gasteiger partial charge in [-0.1, -0.05) is 6.92 Å². The van der Waals surface area contributed by atoms with Crippen LogP contribution in [0.25, 0.3) is 0 Å². The highest BCUT2D eigenvalue weighted by Gasteiger charge is 2.31. The van der Waals surface area contributed by atoms with E-state index in [1.807, 2.05) is 0 Å². The number of ether oxygens (including phenoxy) is 1. The van der Waals surface area contributed by atoms with Crippen LogP contribution >= 0.6 is 0 Å². The molecule has 2 aliphatic heterocycles. The van der Waals surface area contributed by atoms with Gasteiger partial charge in [0, 0.05) is 38.7 Å². The number of hydrogen-bond acceptors (Lipinski definition) is 6. The van der Waals surface area contributed by atoms with Crippen LogP contribution in [0.4, 0.5) is 14.7 Å². The van der Waals surface area contributed by atoms with Gasteiger partial charge in [0.2, 0.25) is 21.9 Å². The van der Waals surface area contributed by atoms with Crippen molar-refractivity contribution in [1.82, 2.24) is 14.3 Å². The van der Waals surface area contributed by atoms with Gasteiger partial charge in [0.25, 0.3) is 0 Å². The minimum atomic E-state index is -3.42. The van der Waals surface area contributed by atoms with Gasteiger partial charge in [-0.25, -0.2) is 22.2 Å². The van der Waals surface area contributed by atoms with Crippen LogP contribution in [-0.4, -0.2) is 48.1 Å². The van der Waals surface area contributed by atoms with Gasteiger partial charge in [0.15, 0.2) is 11.6 Å². The molecule has 0 saturated carbocycles. The first-order valence-electron chi connectivity index (χ1n) is 10.5. The quantitative estimate of drug-likeness (QED) is 0.691. The predicted molar refractivity (Wildman–Crippen MR) is 113 cm³/mol. The topological polar surface area (TPSA) is 75.6 Å². The molecule has 0 radical (unpaired) electrons. The average Bonchev–Trinajstić information content (AvgIpc) is 2.75. The molecule has 0 unspecified atom stereocenters. The van der Waals surface area contributed by atoms with Gasteiger partial charge in [-0.05, 0) is 37.8 Å². The summed E-state index contributed by atoms with van der Waals surface area (Å²) in [6.45, 7) is 5.79. The molecule has 0 amide bonds. The fraction of sp³-hybridized carbons (Fsp3) is 0.524. The lowest BCUT2D eigenvalue weighted by atomic mass is 9.99. The van der Waals surface area contributed by atoms with Crippen LogP contribution in [0.1, 0.15) is 37.9 Å². The van der Waals surface area contributed by atoms with Crippen molar-refractivity contribution >= 4 is 16.0 Å². The van der Waals surface area contributed by atoms with Crippen molar-refractivity contribution in [1.29, 1.82) is 0 Å². The van der Waals surface area contributed by atoms with E-state index in [2.05, 4.69) is 16.8 Å². The van der Waals surface area contributed by atoms with E-state index in [1.54, 1.807) is 6.92 Å². The normalized spacial score (nSPS) is 18.1. The zero-order chi connectivity index (χ0) is 22.2. The summed E-state index contributed by atoms with van der Waals surface area (Å²) in [4.78, 5) is 11.3. The highest BCUT2D eigenvalue weighted by molar-refractivity contribution is 7.89. The Bertz CT molecular complexity index is 1070. The fourth-order valence-corrected chi connectivity index (χ4v) is 4.92. The molecule has 1 saturated heterocycles. The van der Waals surface area contributed by atoms with Gasteiger partial charge >= 0.3 is 0 Å². The van der Waals surface area contributed by atoms with E-state index in [9.17, 15) is 17.2 Å². The van der Waals surface area contributed by atoms with Gasteiger partial charge in [-0.3, -0.25) is 0 Å². The largest absolute Gasteiger partial charge is 0.435 e. The van der Waals surface area contributed by atoms with Gasteiger partial charge < -0.3 is 9.64 Å². The number of rotatable bonds is 5. The number of sulfonamides is 1. The van der Waals surface area contributed by atoms with Crippen LogP contribution in [0.3, 0.4) is 0 Å². The Morgan fingerprint density at radius 1 is 1.16 bits per heavy atom. The monoisotopic (exact) mass is 452 g/mol. The third-order valence-corrected chi connectivity index (χ3v) is 7.73. The lowest BCUT2D eigenvalue weighted by Crippen LogP contribution is -2.38. The van der Waals surface area contributed by atoms with Crippen molar-refractivity contribution < 1.29 is 21.9 Å². The third-order valence-electron chi connectivity index (χ3n) is 5.90. The number of piperidine rings is 1. The second-order valence-corrected chi connectivity index (χ2v) is 10.3. The average molecular weight is 453 g/mol. The second kappa shape index (κ2) is 8.66. The maximum absolute atomic E-state index is 14.3. The summed E-state index contributed by atoms with van der Waals surface area (Å²) in [6.07, 6.45) is 2.45. The van der Waals surface area contributed by atoms with E-state index in [0.29, 0.717) is 36.1 Å². The SMILES string of the molecule is CCS(=O)(=O)N1CCc2nc(N3CCC(C)CC3)nc(Oc3ccc(F)cc3F)c2C1. The first kappa shape index (κ1) is 21.9. The first-order valence-corrected chi connectivity index (χ1v) is 12.1. The van der Waals surface area contributed by atoms with Crippen molar-refractivity contribution in [2.24, 2.45) is 5.92 Å². The molecule has 0 spiro atoms. The minimum absolute atomic E-state index is 0.0178. The molecule has 168 valence electrons. The first-order chi connectivity index (χ1) is 14.8. The zero-order valence-electron chi connectivity index (χ0n) is 17.6. The van der Waals surface area contributed by atoms with Crippen LogP contribution in [0.15, 0.2) is 18.2 Å². The third kappa shape index (κ3) is 4.64. The molecule has 3 heterocycles. The summed E-state index contributed by atoms with van der Waals surface area (Å²) in [7, 11) is -3.42. The Balaban J connectivity index is 1.73. The van der Waals surface area contributed by atoms with Crippen molar-refractivity contribution in [3.8, 4) is 11.6 Å². The van der Waals surface area contributed by atoms with Gasteiger partial charge in [0.05, 0.1) is 17.0 Å². The number of anilines is 1. The molecular formula is C21H26F2N4O3S. The highest BCUT2D eigenvalue weighted by Crippen LogP contribution is 2.34. The van der Waals surface area contributed by atoms with E-state index in [0.717, 1.165) is 38.1 Å². The Morgan fingerprint density at radius 3 is 2.58 bits per heavy atom. The molecule has 1 aromatic heterocycles. The lowest BCUT2D eigenvalue weighted by Gasteiger charge is -2.32. The summed E-state index contributed by atoms with van der Waals surface area (Å²) in [6, 6.07) is 3.04. The van der Waals surface area contributed by atoms with Crippen molar-refractivity contribution in [2.75, 3.05) is 30.3 Å². The maximum atomic E-state index is 14.3. The van der Waals surface area contributed by atoms with E-state index in [-0.39, 0.29) is 23.9 Å². The van der Waals surface area contributed by atoms with Crippen molar-refractivity contribution in [3.63, 3.8) is 0 Å². The second-order valence-electron chi connectivity index (χ2n) is 8.08. The molecule has 0 bridgehead atoms. The fourth-order valence-electron chi connectivity index (χ4n) is 3.86. The number of nitrogens with zero attached hydrogens (tertiary/aromatic N) is 4. The van der Waals surface area contributed by atoms with Crippen LogP contribution in [0.2, 0.25) is 0 Å². The molecule has 2 aliphatic rings. The van der Waals surface area contributed by atoms with Crippen LogP contribution < -0.4 is 9.64 Å². The number of aromatic nitrogens is 2. The molecular weight excluding hydrogens is 426 g/mol. The number of fused-ring (bicyclic) bond motifs is 1. The van der Waals surface area contributed by atoms with Crippen LogP contribution in [0.5, 0.6) is 11.6 Å². The Hall–Kier alpha value is -2.33. The maximum Gasteiger partial charge on any atom is 0.229 e. The molecule has 2 aromatic rings. The van der Waals surface area contributed by atoms with E-state index in [4.69, 9.17) is 9.72 Å². The van der Waals surface area contributed by atoms with Gasteiger partial charge in [-0.15, -0.1) is 0 Å². The summed E-state index contributed by atoms with van der Waals surface area (Å²) in [5, 5.41) is 0. The number of hydrogen-bond donors (Lipinski definition) is 0. The summed E-state index contributed by atoms with van der Waals surface area (Å²) >= 11 is 0. The summed E-state index contributed by atoms with van der Waals surface area (Å²) in [5.41, 5.74) is 1.21. The van der Waals surface area contributed by atoms with Crippen LogP contribution in [0, 0.1) is 17.6 Å². The molecule has 10 heteroatoms. The molecule has 7 nitrogen and oxygen atoms in total. The standard InChI is InChI=1S/C21H26F2N4O3S/c1-3-31(28,29)27-11-8-18-16(13-27)20(30-19-5-4-15(22)12-17(19)23)25-21(24-18)26-9-6-14(2)7-10-26/h4-5,12,14H,3,6-11,13H2,1-2H3. The molecule has 1 aromatic carbocycles. The van der Waals surface area contributed by atoms with Crippen molar-refractivity contribution in [3.05, 3.63) is 41.1 Å². The van der Waals surface area contributed by atoms with Crippen LogP contribution in [-0.2, 0) is 23.0 Å². The summed E-state index contributed by atoms with van der Waals surface area (Å²) in [5.74, 6) is -0.514. The molecule has 4 rings (SSSR count). The molecule has 0 N–H and O–H groups in total. The molecule has 31 heavy (non-hydrogen) atoms. The number of benzene rings is 1. The molecule has 1 fully saturated rings. The van der Waals surface area contributed by atoms with E-state index in [1.165, 1.54) is 10.4 Å². The van der Waals surface area contributed by atoms with Gasteiger partial charge in [0.1, 0.15) is 5.82 Å².